The number of nitrogens with one attached hydrogen (secondary N) is 1. The van der Waals surface area contributed by atoms with Gasteiger partial charge in [-0.15, -0.1) is 0 Å². The minimum absolute atomic E-state index is 0.137. The fraction of sp³-hybridized carbons (Fsp3) is 0.294. The summed E-state index contributed by atoms with van der Waals surface area (Å²) in [6.45, 7) is 3.71. The molecule has 0 fully saturated rings. The van der Waals surface area contributed by atoms with Crippen molar-refractivity contribution >= 4 is 17.4 Å². The number of rotatable bonds is 2. The van der Waals surface area contributed by atoms with Gasteiger partial charge < -0.3 is 10.1 Å². The highest BCUT2D eigenvalue weighted by Crippen LogP contribution is 2.48. The fourth-order valence-corrected chi connectivity index (χ4v) is 3.10. The van der Waals surface area contributed by atoms with Crippen LogP contribution in [0.3, 0.4) is 0 Å². The molecule has 1 aromatic carbocycles. The van der Waals surface area contributed by atoms with E-state index in [9.17, 15) is 9.59 Å². The van der Waals surface area contributed by atoms with Gasteiger partial charge in [0, 0.05) is 11.5 Å². The Morgan fingerprint density at radius 3 is 2.57 bits per heavy atom. The molecule has 2 unspecified atom stereocenters. The molecule has 0 radical (unpaired) electrons. The SMILES string of the molecule is COC(=O)C1(C)C=C2C(=C(c3ccccc3)C2C)C(=O)N1. The number of amides is 1. The highest BCUT2D eigenvalue weighted by molar-refractivity contribution is 6.14. The van der Waals surface area contributed by atoms with E-state index in [1.54, 1.807) is 6.92 Å². The van der Waals surface area contributed by atoms with E-state index in [0.717, 1.165) is 16.7 Å². The largest absolute Gasteiger partial charge is 0.467 e. The second-order valence-electron chi connectivity index (χ2n) is 5.62. The first-order chi connectivity index (χ1) is 9.98. The summed E-state index contributed by atoms with van der Waals surface area (Å²) in [6, 6.07) is 9.85. The van der Waals surface area contributed by atoms with Crippen molar-refractivity contribution in [3.8, 4) is 0 Å². The number of benzene rings is 1. The zero-order valence-corrected chi connectivity index (χ0v) is 12.3. The maximum atomic E-state index is 12.4. The number of methoxy groups -OCH3 is 1. The van der Waals surface area contributed by atoms with Crippen LogP contribution < -0.4 is 5.32 Å². The van der Waals surface area contributed by atoms with Crippen LogP contribution in [0, 0.1) is 5.92 Å². The lowest BCUT2D eigenvalue weighted by Crippen LogP contribution is -2.56. The van der Waals surface area contributed by atoms with Gasteiger partial charge in [-0.25, -0.2) is 4.79 Å². The molecular weight excluding hydrogens is 266 g/mol. The van der Waals surface area contributed by atoms with Crippen LogP contribution in [-0.2, 0) is 14.3 Å². The quantitative estimate of drug-likeness (QED) is 0.845. The summed E-state index contributed by atoms with van der Waals surface area (Å²) >= 11 is 0. The van der Waals surface area contributed by atoms with Crippen LogP contribution >= 0.6 is 0 Å². The van der Waals surface area contributed by atoms with Crippen LogP contribution in [0.4, 0.5) is 0 Å². The zero-order valence-electron chi connectivity index (χ0n) is 12.3. The van der Waals surface area contributed by atoms with Gasteiger partial charge in [-0.2, -0.15) is 0 Å². The fourth-order valence-electron chi connectivity index (χ4n) is 3.10. The average molecular weight is 283 g/mol. The monoisotopic (exact) mass is 283 g/mol. The molecule has 1 aliphatic carbocycles. The summed E-state index contributed by atoms with van der Waals surface area (Å²) in [7, 11) is 1.32. The van der Waals surface area contributed by atoms with Gasteiger partial charge in [0.1, 0.15) is 0 Å². The highest BCUT2D eigenvalue weighted by atomic mass is 16.5. The molecule has 1 heterocycles. The summed E-state index contributed by atoms with van der Waals surface area (Å²) in [5.41, 5.74) is 2.61. The van der Waals surface area contributed by atoms with Gasteiger partial charge in [-0.1, -0.05) is 37.3 Å². The molecule has 2 atom stereocenters. The van der Waals surface area contributed by atoms with Crippen molar-refractivity contribution in [1.82, 2.24) is 5.32 Å². The molecule has 1 aliphatic heterocycles. The molecular formula is C17H17NO3. The van der Waals surface area contributed by atoms with Gasteiger partial charge in [0.15, 0.2) is 5.54 Å². The number of ether oxygens (including phenoxy) is 1. The topological polar surface area (TPSA) is 55.4 Å². The third-order valence-electron chi connectivity index (χ3n) is 4.20. The summed E-state index contributed by atoms with van der Waals surface area (Å²) < 4.78 is 4.78. The van der Waals surface area contributed by atoms with E-state index in [0.29, 0.717) is 5.57 Å². The number of allylic oxidation sites excluding steroid dienone is 1. The summed E-state index contributed by atoms with van der Waals surface area (Å²) in [6.07, 6.45) is 1.81. The van der Waals surface area contributed by atoms with Gasteiger partial charge in [0.05, 0.1) is 7.11 Å². The van der Waals surface area contributed by atoms with Crippen molar-refractivity contribution in [3.63, 3.8) is 0 Å². The van der Waals surface area contributed by atoms with Crippen molar-refractivity contribution in [2.45, 2.75) is 19.4 Å². The lowest BCUT2D eigenvalue weighted by atomic mass is 9.67. The van der Waals surface area contributed by atoms with Crippen LogP contribution in [0.1, 0.15) is 19.4 Å². The molecule has 1 N–H and O–H groups in total. The summed E-state index contributed by atoms with van der Waals surface area (Å²) in [5, 5.41) is 2.75. The van der Waals surface area contributed by atoms with Gasteiger partial charge in [-0.05, 0) is 29.7 Å². The van der Waals surface area contributed by atoms with E-state index in [1.807, 2.05) is 43.3 Å². The molecule has 0 spiro atoms. The molecule has 3 rings (SSSR count). The molecule has 0 saturated heterocycles. The molecule has 1 amide bonds. The van der Waals surface area contributed by atoms with Crippen molar-refractivity contribution in [2.75, 3.05) is 7.11 Å². The highest BCUT2D eigenvalue weighted by Gasteiger charge is 2.46. The van der Waals surface area contributed by atoms with E-state index < -0.39 is 11.5 Å². The van der Waals surface area contributed by atoms with E-state index in [4.69, 9.17) is 4.74 Å². The first kappa shape index (κ1) is 13.6. The summed E-state index contributed by atoms with van der Waals surface area (Å²) in [4.78, 5) is 24.3. The second kappa shape index (κ2) is 4.58. The van der Waals surface area contributed by atoms with E-state index in [2.05, 4.69) is 5.32 Å². The third-order valence-corrected chi connectivity index (χ3v) is 4.20. The molecule has 0 bridgehead atoms. The van der Waals surface area contributed by atoms with Crippen LogP contribution in [0.5, 0.6) is 0 Å². The predicted octanol–water partition coefficient (Wildman–Crippen LogP) is 2.08. The molecule has 2 aliphatic rings. The van der Waals surface area contributed by atoms with Gasteiger partial charge in [-0.3, -0.25) is 4.79 Å². The molecule has 1 aromatic rings. The van der Waals surface area contributed by atoms with Crippen LogP contribution in [0.25, 0.3) is 5.57 Å². The van der Waals surface area contributed by atoms with Crippen LogP contribution in [0.2, 0.25) is 0 Å². The third kappa shape index (κ3) is 1.90. The summed E-state index contributed by atoms with van der Waals surface area (Å²) in [5.74, 6) is -0.530. The lowest BCUT2D eigenvalue weighted by Gasteiger charge is -2.41. The molecule has 108 valence electrons. The molecule has 21 heavy (non-hydrogen) atoms. The Balaban J connectivity index is 2.09. The predicted molar refractivity (Wildman–Crippen MR) is 79.2 cm³/mol. The standard InChI is InChI=1S/C17H17NO3/c1-10-12-9-17(2,16(20)21-3)18-15(19)14(12)13(10)11-7-5-4-6-8-11/h4-10H,1-3H3,(H,18,19). The smallest absolute Gasteiger partial charge is 0.335 e. The van der Waals surface area contributed by atoms with E-state index in [1.165, 1.54) is 7.11 Å². The number of hydrogen-bond acceptors (Lipinski definition) is 3. The van der Waals surface area contributed by atoms with Crippen molar-refractivity contribution < 1.29 is 14.3 Å². The van der Waals surface area contributed by atoms with Crippen molar-refractivity contribution in [2.24, 2.45) is 5.92 Å². The number of esters is 1. The Bertz CT molecular complexity index is 687. The molecule has 4 heteroatoms. The lowest BCUT2D eigenvalue weighted by molar-refractivity contribution is -0.147. The Hall–Kier alpha value is -2.36. The minimum atomic E-state index is -1.08. The maximum absolute atomic E-state index is 12.4. The Kier molecular flexibility index (Phi) is 2.97. The first-order valence-corrected chi connectivity index (χ1v) is 6.91. The number of fused-ring (bicyclic) bond motifs is 1. The molecule has 0 saturated carbocycles. The number of carbonyl (C=O) groups excluding carboxylic acids is 2. The molecule has 0 aromatic heterocycles. The van der Waals surface area contributed by atoms with Gasteiger partial charge in [0.2, 0.25) is 0 Å². The van der Waals surface area contributed by atoms with Crippen molar-refractivity contribution in [3.05, 3.63) is 53.1 Å². The van der Waals surface area contributed by atoms with Gasteiger partial charge in [0.25, 0.3) is 5.91 Å². The van der Waals surface area contributed by atoms with Crippen molar-refractivity contribution in [1.29, 1.82) is 0 Å². The van der Waals surface area contributed by atoms with Crippen LogP contribution in [0.15, 0.2) is 47.6 Å². The number of hydrogen-bond donors (Lipinski definition) is 1. The van der Waals surface area contributed by atoms with Gasteiger partial charge >= 0.3 is 5.97 Å². The number of carbonyl (C=O) groups is 2. The Morgan fingerprint density at radius 1 is 1.29 bits per heavy atom. The van der Waals surface area contributed by atoms with E-state index >= 15 is 0 Å². The Morgan fingerprint density at radius 2 is 1.95 bits per heavy atom. The maximum Gasteiger partial charge on any atom is 0.335 e. The normalized spacial score (nSPS) is 27.3. The van der Waals surface area contributed by atoms with E-state index in [-0.39, 0.29) is 11.8 Å². The zero-order chi connectivity index (χ0) is 15.2. The van der Waals surface area contributed by atoms with Crippen LogP contribution in [-0.4, -0.2) is 24.5 Å². The molecule has 4 nitrogen and oxygen atoms in total. The average Bonchev–Trinajstić information content (AvgIpc) is 2.49. The first-order valence-electron chi connectivity index (χ1n) is 6.91. The second-order valence-corrected chi connectivity index (χ2v) is 5.62. The Labute approximate surface area is 123 Å². The minimum Gasteiger partial charge on any atom is -0.467 e.